The van der Waals surface area contributed by atoms with E-state index in [1.807, 2.05) is 37.3 Å². The van der Waals surface area contributed by atoms with Gasteiger partial charge in [-0.3, -0.25) is 4.90 Å². The van der Waals surface area contributed by atoms with Crippen LogP contribution in [0.2, 0.25) is 0 Å². The molecule has 5 nitrogen and oxygen atoms in total. The Labute approximate surface area is 136 Å². The van der Waals surface area contributed by atoms with Crippen LogP contribution in [0.25, 0.3) is 0 Å². The third-order valence-electron chi connectivity index (χ3n) is 3.93. The second-order valence-corrected chi connectivity index (χ2v) is 5.77. The van der Waals surface area contributed by atoms with Crippen LogP contribution in [0.3, 0.4) is 0 Å². The maximum atomic E-state index is 5.91. The molecule has 1 unspecified atom stereocenters. The standard InChI is InChI=1S/C18H23NO4/c1-14-5-6-17(18(10-14)20-2)23-13-16-12-19(7-9-22-16)11-15-4-3-8-21-15/h3-6,8,10,16H,7,9,11-13H2,1-2H3. The average Bonchev–Trinajstić information content (AvgIpc) is 3.07. The second kappa shape index (κ2) is 7.53. The van der Waals surface area contributed by atoms with E-state index < -0.39 is 0 Å². The van der Waals surface area contributed by atoms with Gasteiger partial charge in [0.1, 0.15) is 18.5 Å². The number of ether oxygens (including phenoxy) is 3. The van der Waals surface area contributed by atoms with Crippen molar-refractivity contribution in [3.63, 3.8) is 0 Å². The van der Waals surface area contributed by atoms with Crippen LogP contribution in [0.15, 0.2) is 41.0 Å². The largest absolute Gasteiger partial charge is 0.493 e. The van der Waals surface area contributed by atoms with Gasteiger partial charge in [-0.2, -0.15) is 0 Å². The molecular weight excluding hydrogens is 294 g/mol. The summed E-state index contributed by atoms with van der Waals surface area (Å²) in [6.07, 6.45) is 1.75. The summed E-state index contributed by atoms with van der Waals surface area (Å²) in [5.74, 6) is 2.49. The van der Waals surface area contributed by atoms with Gasteiger partial charge in [0, 0.05) is 13.1 Å². The molecule has 1 aliphatic rings. The van der Waals surface area contributed by atoms with Crippen molar-refractivity contribution in [2.75, 3.05) is 33.4 Å². The molecule has 1 atom stereocenters. The lowest BCUT2D eigenvalue weighted by atomic mass is 10.2. The Hall–Kier alpha value is -1.98. The zero-order valence-corrected chi connectivity index (χ0v) is 13.7. The first kappa shape index (κ1) is 15.9. The molecule has 0 bridgehead atoms. The normalized spacial score (nSPS) is 18.8. The van der Waals surface area contributed by atoms with Crippen molar-refractivity contribution in [2.45, 2.75) is 19.6 Å². The monoisotopic (exact) mass is 317 g/mol. The Morgan fingerprint density at radius 2 is 2.17 bits per heavy atom. The number of methoxy groups -OCH3 is 1. The summed E-state index contributed by atoms with van der Waals surface area (Å²) in [5, 5.41) is 0. The number of hydrogen-bond acceptors (Lipinski definition) is 5. The molecule has 0 amide bonds. The summed E-state index contributed by atoms with van der Waals surface area (Å²) in [6, 6.07) is 9.85. The van der Waals surface area contributed by atoms with E-state index in [1.54, 1.807) is 13.4 Å². The summed E-state index contributed by atoms with van der Waals surface area (Å²) in [5.41, 5.74) is 1.15. The van der Waals surface area contributed by atoms with Crippen molar-refractivity contribution >= 4 is 0 Å². The van der Waals surface area contributed by atoms with Crippen LogP contribution in [-0.4, -0.2) is 44.4 Å². The molecule has 0 spiro atoms. The molecule has 0 saturated carbocycles. The maximum absolute atomic E-state index is 5.91. The van der Waals surface area contributed by atoms with Crippen LogP contribution in [0.4, 0.5) is 0 Å². The first-order valence-corrected chi connectivity index (χ1v) is 7.88. The lowest BCUT2D eigenvalue weighted by Gasteiger charge is -2.32. The molecule has 0 radical (unpaired) electrons. The van der Waals surface area contributed by atoms with Crippen molar-refractivity contribution in [1.82, 2.24) is 4.90 Å². The van der Waals surface area contributed by atoms with Crippen LogP contribution in [-0.2, 0) is 11.3 Å². The van der Waals surface area contributed by atoms with Gasteiger partial charge in [-0.15, -0.1) is 0 Å². The molecule has 2 aromatic rings. The van der Waals surface area contributed by atoms with Gasteiger partial charge in [-0.25, -0.2) is 0 Å². The predicted molar refractivity (Wildman–Crippen MR) is 87.0 cm³/mol. The Morgan fingerprint density at radius 1 is 1.26 bits per heavy atom. The quantitative estimate of drug-likeness (QED) is 0.820. The fourth-order valence-electron chi connectivity index (χ4n) is 2.72. The highest BCUT2D eigenvalue weighted by molar-refractivity contribution is 5.42. The third-order valence-corrected chi connectivity index (χ3v) is 3.93. The van der Waals surface area contributed by atoms with E-state index in [4.69, 9.17) is 18.6 Å². The van der Waals surface area contributed by atoms with Crippen molar-refractivity contribution in [1.29, 1.82) is 0 Å². The number of rotatable bonds is 6. The third kappa shape index (κ3) is 4.27. The molecule has 1 saturated heterocycles. The molecule has 0 N–H and O–H groups in total. The van der Waals surface area contributed by atoms with Crippen molar-refractivity contribution in [2.24, 2.45) is 0 Å². The van der Waals surface area contributed by atoms with E-state index >= 15 is 0 Å². The van der Waals surface area contributed by atoms with Crippen LogP contribution in [0.1, 0.15) is 11.3 Å². The molecule has 1 aliphatic heterocycles. The van der Waals surface area contributed by atoms with E-state index in [2.05, 4.69) is 4.90 Å². The lowest BCUT2D eigenvalue weighted by molar-refractivity contribution is -0.0520. The Kier molecular flexibility index (Phi) is 5.20. The molecule has 0 aliphatic carbocycles. The Morgan fingerprint density at radius 3 is 2.96 bits per heavy atom. The van der Waals surface area contributed by atoms with E-state index in [-0.39, 0.29) is 6.10 Å². The van der Waals surface area contributed by atoms with Gasteiger partial charge in [0.2, 0.25) is 0 Å². The van der Waals surface area contributed by atoms with Gasteiger partial charge in [0.25, 0.3) is 0 Å². The second-order valence-electron chi connectivity index (χ2n) is 5.77. The molecule has 124 valence electrons. The minimum absolute atomic E-state index is 0.0460. The number of furan rings is 1. The minimum atomic E-state index is 0.0460. The summed E-state index contributed by atoms with van der Waals surface area (Å²) >= 11 is 0. The smallest absolute Gasteiger partial charge is 0.161 e. The predicted octanol–water partition coefficient (Wildman–Crippen LogP) is 2.88. The summed E-state index contributed by atoms with van der Waals surface area (Å²) < 4.78 is 22.5. The first-order valence-electron chi connectivity index (χ1n) is 7.88. The van der Waals surface area contributed by atoms with Crippen molar-refractivity contribution in [3.05, 3.63) is 47.9 Å². The summed E-state index contributed by atoms with van der Waals surface area (Å²) in [6.45, 7) is 5.79. The lowest BCUT2D eigenvalue weighted by Crippen LogP contribution is -2.44. The zero-order chi connectivity index (χ0) is 16.1. The number of benzene rings is 1. The van der Waals surface area contributed by atoms with Crippen LogP contribution in [0, 0.1) is 6.92 Å². The van der Waals surface area contributed by atoms with Crippen molar-refractivity contribution in [3.8, 4) is 11.5 Å². The highest BCUT2D eigenvalue weighted by Gasteiger charge is 2.22. The van der Waals surface area contributed by atoms with Gasteiger partial charge in [-0.1, -0.05) is 6.07 Å². The molecule has 1 aromatic heterocycles. The van der Waals surface area contributed by atoms with E-state index in [0.29, 0.717) is 13.2 Å². The van der Waals surface area contributed by atoms with Gasteiger partial charge in [0.05, 0.1) is 26.5 Å². The average molecular weight is 317 g/mol. The Bertz CT molecular complexity index is 611. The van der Waals surface area contributed by atoms with Crippen LogP contribution >= 0.6 is 0 Å². The topological polar surface area (TPSA) is 44.1 Å². The Balaban J connectivity index is 1.53. The van der Waals surface area contributed by atoms with E-state index in [9.17, 15) is 0 Å². The number of aryl methyl sites for hydroxylation is 1. The zero-order valence-electron chi connectivity index (χ0n) is 13.7. The van der Waals surface area contributed by atoms with E-state index in [1.165, 1.54) is 0 Å². The molecule has 2 heterocycles. The molecule has 1 aromatic carbocycles. The van der Waals surface area contributed by atoms with Crippen LogP contribution < -0.4 is 9.47 Å². The fourth-order valence-corrected chi connectivity index (χ4v) is 2.72. The number of hydrogen-bond donors (Lipinski definition) is 0. The molecule has 3 rings (SSSR count). The fraction of sp³-hybridized carbons (Fsp3) is 0.444. The van der Waals surface area contributed by atoms with Gasteiger partial charge >= 0.3 is 0 Å². The van der Waals surface area contributed by atoms with Gasteiger partial charge in [-0.05, 0) is 36.8 Å². The summed E-state index contributed by atoms with van der Waals surface area (Å²) in [7, 11) is 1.66. The van der Waals surface area contributed by atoms with E-state index in [0.717, 1.165) is 42.5 Å². The molecule has 1 fully saturated rings. The first-order chi connectivity index (χ1) is 11.2. The highest BCUT2D eigenvalue weighted by Crippen LogP contribution is 2.28. The SMILES string of the molecule is COc1cc(C)ccc1OCC1CN(Cc2ccco2)CCO1. The number of nitrogens with zero attached hydrogens (tertiary/aromatic N) is 1. The van der Waals surface area contributed by atoms with Gasteiger partial charge in [0.15, 0.2) is 11.5 Å². The van der Waals surface area contributed by atoms with Crippen molar-refractivity contribution < 1.29 is 18.6 Å². The highest BCUT2D eigenvalue weighted by atomic mass is 16.5. The summed E-state index contributed by atoms with van der Waals surface area (Å²) in [4.78, 5) is 2.32. The minimum Gasteiger partial charge on any atom is -0.493 e. The molecule has 23 heavy (non-hydrogen) atoms. The molecular formula is C18H23NO4. The molecule has 5 heteroatoms. The number of morpholine rings is 1. The van der Waals surface area contributed by atoms with Crippen LogP contribution in [0.5, 0.6) is 11.5 Å². The van der Waals surface area contributed by atoms with Gasteiger partial charge < -0.3 is 18.6 Å². The maximum Gasteiger partial charge on any atom is 0.161 e.